The van der Waals surface area contributed by atoms with E-state index in [2.05, 4.69) is 36.4 Å². The Labute approximate surface area is 210 Å². The molecule has 4 nitrogen and oxygen atoms in total. The van der Waals surface area contributed by atoms with Crippen molar-refractivity contribution in [3.05, 3.63) is 106 Å². The molecule has 0 amide bonds. The maximum atomic E-state index is 13.8. The molecule has 0 saturated carbocycles. The fraction of sp³-hybridized carbons (Fsp3) is 0.222. The summed E-state index contributed by atoms with van der Waals surface area (Å²) in [5.74, 6) is 1.46. The molecular formula is C27H29ClFN3OS. The number of methoxy groups -OCH3 is 1. The normalized spacial score (nSPS) is 11.9. The Morgan fingerprint density at radius 3 is 2.53 bits per heavy atom. The zero-order valence-corrected chi connectivity index (χ0v) is 21.4. The highest BCUT2D eigenvalue weighted by Crippen LogP contribution is 2.42. The largest absolute Gasteiger partial charge is 0.495 e. The van der Waals surface area contributed by atoms with E-state index in [9.17, 15) is 4.39 Å². The lowest BCUT2D eigenvalue weighted by Gasteiger charge is -2.39. The number of nitrogens with zero attached hydrogens (tertiary/aromatic N) is 2. The zero-order chi connectivity index (χ0) is 24.9. The fourth-order valence-corrected chi connectivity index (χ4v) is 4.83. The molecule has 1 heterocycles. The van der Waals surface area contributed by atoms with Crippen LogP contribution in [0.15, 0.2) is 84.2 Å². The third-order valence-electron chi connectivity index (χ3n) is 5.61. The summed E-state index contributed by atoms with van der Waals surface area (Å²) in [6.45, 7) is 10.6. The Bertz CT molecular complexity index is 1190. The van der Waals surface area contributed by atoms with Gasteiger partial charge in [-0.15, -0.1) is 11.8 Å². The summed E-state index contributed by atoms with van der Waals surface area (Å²) >= 11 is 7.86. The maximum Gasteiger partial charge on any atom is 0.137 e. The molecule has 0 radical (unpaired) electrons. The number of anilines is 2. The highest BCUT2D eigenvalue weighted by Gasteiger charge is 2.32. The van der Waals surface area contributed by atoms with E-state index < -0.39 is 5.41 Å². The van der Waals surface area contributed by atoms with E-state index in [0.29, 0.717) is 22.3 Å². The minimum atomic E-state index is -0.453. The van der Waals surface area contributed by atoms with Gasteiger partial charge in [-0.1, -0.05) is 44.2 Å². The molecule has 7 heteroatoms. The van der Waals surface area contributed by atoms with Crippen LogP contribution >= 0.6 is 23.4 Å². The first-order chi connectivity index (χ1) is 16.2. The minimum Gasteiger partial charge on any atom is -0.495 e. The summed E-state index contributed by atoms with van der Waals surface area (Å²) in [6, 6.07) is 16.0. The van der Waals surface area contributed by atoms with Crippen LogP contribution in [0.1, 0.15) is 31.9 Å². The number of halogens is 2. The topological polar surface area (TPSA) is 51.4 Å². The van der Waals surface area contributed by atoms with Gasteiger partial charge in [0.05, 0.1) is 17.2 Å². The molecule has 178 valence electrons. The number of benzene rings is 2. The molecule has 0 bridgehead atoms. The van der Waals surface area contributed by atoms with Gasteiger partial charge in [-0.05, 0) is 66.6 Å². The minimum absolute atomic E-state index is 0.294. The fourth-order valence-electron chi connectivity index (χ4n) is 3.79. The van der Waals surface area contributed by atoms with E-state index in [1.807, 2.05) is 37.3 Å². The second-order valence-corrected chi connectivity index (χ2v) is 9.69. The number of aromatic nitrogens is 1. The van der Waals surface area contributed by atoms with Crippen molar-refractivity contribution in [2.24, 2.45) is 0 Å². The monoisotopic (exact) mass is 497 g/mol. The third-order valence-corrected chi connectivity index (χ3v) is 6.92. The van der Waals surface area contributed by atoms with Crippen LogP contribution in [0.2, 0.25) is 5.02 Å². The summed E-state index contributed by atoms with van der Waals surface area (Å²) < 4.78 is 19.2. The third kappa shape index (κ3) is 5.75. The van der Waals surface area contributed by atoms with Crippen molar-refractivity contribution in [2.45, 2.75) is 31.9 Å². The van der Waals surface area contributed by atoms with Crippen LogP contribution in [0.5, 0.6) is 5.75 Å². The van der Waals surface area contributed by atoms with Gasteiger partial charge in [-0.2, -0.15) is 0 Å². The highest BCUT2D eigenvalue weighted by molar-refractivity contribution is 8.02. The van der Waals surface area contributed by atoms with Crippen molar-refractivity contribution in [2.75, 3.05) is 17.7 Å². The first-order valence-corrected chi connectivity index (χ1v) is 12.1. The van der Waals surface area contributed by atoms with Crippen LogP contribution in [-0.4, -0.2) is 12.1 Å². The maximum absolute atomic E-state index is 13.8. The molecule has 34 heavy (non-hydrogen) atoms. The first kappa shape index (κ1) is 25.7. The van der Waals surface area contributed by atoms with Gasteiger partial charge in [0.2, 0.25) is 0 Å². The van der Waals surface area contributed by atoms with Crippen LogP contribution < -0.4 is 15.4 Å². The number of nitrogens with two attached hydrogens (primary N) is 1. The first-order valence-electron chi connectivity index (χ1n) is 10.8. The number of allylic oxidation sites excluding steroid dienone is 2. The predicted molar refractivity (Wildman–Crippen MR) is 143 cm³/mol. The number of pyridine rings is 1. The molecule has 0 aliphatic rings. The van der Waals surface area contributed by atoms with Crippen LogP contribution in [0.3, 0.4) is 0 Å². The van der Waals surface area contributed by atoms with Gasteiger partial charge in [-0.3, -0.25) is 0 Å². The van der Waals surface area contributed by atoms with Crippen LogP contribution in [0.4, 0.5) is 15.9 Å². The van der Waals surface area contributed by atoms with Crippen molar-refractivity contribution >= 4 is 34.9 Å². The van der Waals surface area contributed by atoms with Gasteiger partial charge in [0.1, 0.15) is 17.4 Å². The van der Waals surface area contributed by atoms with Crippen molar-refractivity contribution in [1.82, 2.24) is 4.98 Å². The van der Waals surface area contributed by atoms with Gasteiger partial charge in [0.25, 0.3) is 0 Å². The highest BCUT2D eigenvalue weighted by atomic mass is 35.5. The van der Waals surface area contributed by atoms with E-state index >= 15 is 0 Å². The molecule has 2 N–H and O–H groups in total. The van der Waals surface area contributed by atoms with Gasteiger partial charge in [0, 0.05) is 28.7 Å². The molecule has 0 aliphatic carbocycles. The quantitative estimate of drug-likeness (QED) is 0.330. The zero-order valence-electron chi connectivity index (χ0n) is 19.8. The summed E-state index contributed by atoms with van der Waals surface area (Å²) in [6.07, 6.45) is 3.75. The van der Waals surface area contributed by atoms with E-state index in [4.69, 9.17) is 22.1 Å². The summed E-state index contributed by atoms with van der Waals surface area (Å²) in [5.41, 5.74) is 9.25. The number of thioether (sulfide) groups is 1. The van der Waals surface area contributed by atoms with Crippen molar-refractivity contribution in [1.29, 1.82) is 0 Å². The summed E-state index contributed by atoms with van der Waals surface area (Å²) in [4.78, 5) is 6.12. The molecule has 0 unspecified atom stereocenters. The average Bonchev–Trinajstić information content (AvgIpc) is 2.81. The lowest BCUT2D eigenvalue weighted by atomic mass is 9.80. The van der Waals surface area contributed by atoms with Gasteiger partial charge in [-0.25, -0.2) is 9.37 Å². The Balaban J connectivity index is 2.01. The molecular weight excluding hydrogens is 469 g/mol. The predicted octanol–water partition coefficient (Wildman–Crippen LogP) is 7.56. The Kier molecular flexibility index (Phi) is 8.28. The molecule has 0 atom stereocenters. The lowest BCUT2D eigenvalue weighted by molar-refractivity contribution is 0.413. The number of hydrogen-bond donors (Lipinski definition) is 1. The Morgan fingerprint density at radius 2 is 1.91 bits per heavy atom. The number of hydrogen-bond acceptors (Lipinski definition) is 5. The average molecular weight is 498 g/mol. The number of rotatable bonds is 9. The molecule has 0 spiro atoms. The molecule has 3 rings (SSSR count). The Morgan fingerprint density at radius 1 is 1.21 bits per heavy atom. The number of ether oxygens (including phenoxy) is 1. The van der Waals surface area contributed by atoms with Crippen molar-refractivity contribution < 1.29 is 9.13 Å². The van der Waals surface area contributed by atoms with E-state index in [-0.39, 0.29) is 5.82 Å². The Hall–Kier alpha value is -2.96. The standard InChI is InChI=1S/C27H29ClFN3OS/c1-6-25(27(3,4)20-7-12-23(28)24(16-20)33-5)32(22-10-8-21(29)9-11-22)18(2)34-17-19-13-14-31-26(30)15-19/h6-16H,2,17H2,1,3-5H3,(H2,30,31)/b25-6-. The van der Waals surface area contributed by atoms with E-state index in [1.165, 1.54) is 12.1 Å². The van der Waals surface area contributed by atoms with Crippen LogP contribution in [-0.2, 0) is 11.2 Å². The summed E-state index contributed by atoms with van der Waals surface area (Å²) in [7, 11) is 1.60. The molecule has 0 saturated heterocycles. The second kappa shape index (κ2) is 11.0. The molecule has 0 aliphatic heterocycles. The van der Waals surface area contributed by atoms with Crippen LogP contribution in [0, 0.1) is 5.82 Å². The summed E-state index contributed by atoms with van der Waals surface area (Å²) in [5, 5.41) is 1.35. The molecule has 0 fully saturated rings. The molecule has 1 aromatic heterocycles. The van der Waals surface area contributed by atoms with Crippen molar-refractivity contribution in [3.8, 4) is 5.75 Å². The molecule has 2 aromatic carbocycles. The smallest absolute Gasteiger partial charge is 0.137 e. The van der Waals surface area contributed by atoms with Gasteiger partial charge >= 0.3 is 0 Å². The van der Waals surface area contributed by atoms with Crippen molar-refractivity contribution in [3.63, 3.8) is 0 Å². The number of nitrogen functional groups attached to an aromatic ring is 1. The van der Waals surface area contributed by atoms with Crippen LogP contribution in [0.25, 0.3) is 0 Å². The van der Waals surface area contributed by atoms with E-state index in [0.717, 1.165) is 27.5 Å². The van der Waals surface area contributed by atoms with E-state index in [1.54, 1.807) is 37.2 Å². The lowest BCUT2D eigenvalue weighted by Crippen LogP contribution is -2.33. The SMILES string of the molecule is C=C(SCc1ccnc(N)c1)N(/C(=C\C)C(C)(C)c1ccc(Cl)c(OC)c1)c1ccc(F)cc1. The second-order valence-electron chi connectivity index (χ2n) is 8.23. The van der Waals surface area contributed by atoms with Gasteiger partial charge in [0.15, 0.2) is 0 Å². The van der Waals surface area contributed by atoms with Gasteiger partial charge < -0.3 is 15.4 Å². The molecule has 3 aromatic rings.